The van der Waals surface area contributed by atoms with E-state index in [-0.39, 0.29) is 12.5 Å². The van der Waals surface area contributed by atoms with Gasteiger partial charge in [-0.15, -0.1) is 0 Å². The summed E-state index contributed by atoms with van der Waals surface area (Å²) in [6.45, 7) is 3.95. The van der Waals surface area contributed by atoms with Gasteiger partial charge in [-0.1, -0.05) is 18.2 Å². The number of carboxylic acid groups (broad SMARTS) is 1. The summed E-state index contributed by atoms with van der Waals surface area (Å²) in [5.41, 5.74) is -0.664. The van der Waals surface area contributed by atoms with E-state index in [4.69, 9.17) is 5.11 Å². The molecule has 2 rings (SSSR count). The van der Waals surface area contributed by atoms with Crippen molar-refractivity contribution in [1.29, 1.82) is 0 Å². The summed E-state index contributed by atoms with van der Waals surface area (Å²) < 4.78 is 13.9. The number of likely N-dealkylation sites (tertiary alicyclic amines) is 1. The standard InChI is InChI=1S/C15H18FNO3/c1-15(2,11-5-3-4-6-12(11)16)14(20)17-8-7-10(9-17)13(18)19/h3-6,10H,7-9H2,1-2H3,(H,18,19)/t10-/m0/s1. The number of halogens is 1. The van der Waals surface area contributed by atoms with Gasteiger partial charge in [0.25, 0.3) is 0 Å². The summed E-state index contributed by atoms with van der Waals surface area (Å²) in [4.78, 5) is 25.0. The highest BCUT2D eigenvalue weighted by atomic mass is 19.1. The number of amides is 1. The van der Waals surface area contributed by atoms with Gasteiger partial charge in [0.1, 0.15) is 5.82 Å². The lowest BCUT2D eigenvalue weighted by Crippen LogP contribution is -2.43. The van der Waals surface area contributed by atoms with E-state index in [1.54, 1.807) is 32.0 Å². The third kappa shape index (κ3) is 2.53. The molecule has 1 aliphatic rings. The van der Waals surface area contributed by atoms with Gasteiger partial charge in [0, 0.05) is 18.7 Å². The van der Waals surface area contributed by atoms with Crippen molar-refractivity contribution in [2.75, 3.05) is 13.1 Å². The van der Waals surface area contributed by atoms with Crippen molar-refractivity contribution in [2.45, 2.75) is 25.7 Å². The van der Waals surface area contributed by atoms with Crippen LogP contribution in [-0.2, 0) is 15.0 Å². The second kappa shape index (κ2) is 5.23. The van der Waals surface area contributed by atoms with Crippen LogP contribution >= 0.6 is 0 Å². The topological polar surface area (TPSA) is 57.6 Å². The summed E-state index contributed by atoms with van der Waals surface area (Å²) >= 11 is 0. The van der Waals surface area contributed by atoms with Gasteiger partial charge in [-0.05, 0) is 26.3 Å². The Balaban J connectivity index is 2.20. The third-order valence-electron chi connectivity index (χ3n) is 3.91. The van der Waals surface area contributed by atoms with Crippen LogP contribution in [0.2, 0.25) is 0 Å². The molecule has 1 fully saturated rings. The molecule has 0 bridgehead atoms. The fourth-order valence-electron chi connectivity index (χ4n) is 2.62. The van der Waals surface area contributed by atoms with E-state index in [0.717, 1.165) is 0 Å². The van der Waals surface area contributed by atoms with Gasteiger partial charge in [0.2, 0.25) is 5.91 Å². The van der Waals surface area contributed by atoms with Crippen LogP contribution in [0.4, 0.5) is 4.39 Å². The molecule has 0 aliphatic carbocycles. The van der Waals surface area contributed by atoms with Crippen molar-refractivity contribution in [1.82, 2.24) is 4.90 Å². The van der Waals surface area contributed by atoms with Crippen molar-refractivity contribution in [3.63, 3.8) is 0 Å². The van der Waals surface area contributed by atoms with Gasteiger partial charge < -0.3 is 10.0 Å². The van der Waals surface area contributed by atoms with Gasteiger partial charge in [-0.25, -0.2) is 4.39 Å². The van der Waals surface area contributed by atoms with Crippen LogP contribution in [0.25, 0.3) is 0 Å². The molecule has 1 saturated heterocycles. The molecule has 1 aromatic rings. The molecular weight excluding hydrogens is 261 g/mol. The highest BCUT2D eigenvalue weighted by Crippen LogP contribution is 2.30. The Morgan fingerprint density at radius 3 is 2.55 bits per heavy atom. The molecule has 4 nitrogen and oxygen atoms in total. The van der Waals surface area contributed by atoms with Crippen LogP contribution in [0.5, 0.6) is 0 Å². The van der Waals surface area contributed by atoms with Crippen molar-refractivity contribution >= 4 is 11.9 Å². The molecule has 0 saturated carbocycles. The Kier molecular flexibility index (Phi) is 3.79. The van der Waals surface area contributed by atoms with E-state index in [0.29, 0.717) is 18.5 Å². The molecule has 0 radical (unpaired) electrons. The largest absolute Gasteiger partial charge is 0.481 e. The highest BCUT2D eigenvalue weighted by Gasteiger charge is 2.39. The predicted octanol–water partition coefficient (Wildman–Crippen LogP) is 2.04. The molecule has 1 atom stereocenters. The summed E-state index contributed by atoms with van der Waals surface area (Å²) in [6.07, 6.45) is 0.453. The van der Waals surface area contributed by atoms with Crippen molar-refractivity contribution < 1.29 is 19.1 Å². The minimum Gasteiger partial charge on any atom is -0.481 e. The predicted molar refractivity (Wildman–Crippen MR) is 71.7 cm³/mol. The number of carbonyl (C=O) groups is 2. The van der Waals surface area contributed by atoms with Crippen LogP contribution in [0.3, 0.4) is 0 Å². The molecule has 0 spiro atoms. The molecule has 108 valence electrons. The van der Waals surface area contributed by atoms with Crippen LogP contribution in [0.1, 0.15) is 25.8 Å². The van der Waals surface area contributed by atoms with E-state index in [1.165, 1.54) is 11.0 Å². The van der Waals surface area contributed by atoms with E-state index in [2.05, 4.69) is 0 Å². The Labute approximate surface area is 117 Å². The van der Waals surface area contributed by atoms with Crippen LogP contribution in [-0.4, -0.2) is 35.0 Å². The molecule has 1 aliphatic heterocycles. The quantitative estimate of drug-likeness (QED) is 0.921. The van der Waals surface area contributed by atoms with Crippen molar-refractivity contribution in [2.24, 2.45) is 5.92 Å². The van der Waals surface area contributed by atoms with Gasteiger partial charge >= 0.3 is 5.97 Å². The summed E-state index contributed by atoms with van der Waals surface area (Å²) in [5, 5.41) is 8.98. The monoisotopic (exact) mass is 279 g/mol. The molecule has 0 unspecified atom stereocenters. The molecular formula is C15H18FNO3. The lowest BCUT2D eigenvalue weighted by molar-refractivity contribution is -0.141. The number of hydrogen-bond acceptors (Lipinski definition) is 2. The van der Waals surface area contributed by atoms with E-state index in [9.17, 15) is 14.0 Å². The fraction of sp³-hybridized carbons (Fsp3) is 0.467. The average molecular weight is 279 g/mol. The number of carboxylic acids is 1. The Hall–Kier alpha value is -1.91. The Morgan fingerprint density at radius 1 is 1.35 bits per heavy atom. The lowest BCUT2D eigenvalue weighted by atomic mass is 9.83. The molecule has 5 heteroatoms. The number of rotatable bonds is 3. The van der Waals surface area contributed by atoms with E-state index >= 15 is 0 Å². The maximum Gasteiger partial charge on any atom is 0.308 e. The number of hydrogen-bond donors (Lipinski definition) is 1. The molecule has 0 aromatic heterocycles. The van der Waals surface area contributed by atoms with Crippen molar-refractivity contribution in [3.8, 4) is 0 Å². The van der Waals surface area contributed by atoms with Crippen LogP contribution in [0.15, 0.2) is 24.3 Å². The molecule has 1 aromatic carbocycles. The smallest absolute Gasteiger partial charge is 0.308 e. The molecule has 1 N–H and O–H groups in total. The minimum atomic E-state index is -1.00. The number of nitrogens with zero attached hydrogens (tertiary/aromatic N) is 1. The molecule has 20 heavy (non-hydrogen) atoms. The maximum absolute atomic E-state index is 13.9. The summed E-state index contributed by atoms with van der Waals surface area (Å²) in [7, 11) is 0. The summed E-state index contributed by atoms with van der Waals surface area (Å²) in [5.74, 6) is -2.05. The Morgan fingerprint density at radius 2 is 2.00 bits per heavy atom. The number of carbonyl (C=O) groups excluding carboxylic acids is 1. The number of benzene rings is 1. The SMILES string of the molecule is CC(C)(C(=O)N1CC[C@H](C(=O)O)C1)c1ccccc1F. The van der Waals surface area contributed by atoms with Gasteiger partial charge in [-0.2, -0.15) is 0 Å². The third-order valence-corrected chi connectivity index (χ3v) is 3.91. The zero-order valence-electron chi connectivity index (χ0n) is 11.6. The molecule has 1 heterocycles. The molecule has 1 amide bonds. The second-order valence-corrected chi connectivity index (χ2v) is 5.68. The fourth-order valence-corrected chi connectivity index (χ4v) is 2.62. The zero-order valence-corrected chi connectivity index (χ0v) is 11.6. The first kappa shape index (κ1) is 14.5. The van der Waals surface area contributed by atoms with Gasteiger partial charge in [0.15, 0.2) is 0 Å². The first-order valence-corrected chi connectivity index (χ1v) is 6.61. The zero-order chi connectivity index (χ0) is 14.9. The van der Waals surface area contributed by atoms with E-state index < -0.39 is 23.1 Å². The lowest BCUT2D eigenvalue weighted by Gasteiger charge is -2.30. The van der Waals surface area contributed by atoms with Crippen molar-refractivity contribution in [3.05, 3.63) is 35.6 Å². The van der Waals surface area contributed by atoms with Crippen LogP contribution < -0.4 is 0 Å². The van der Waals surface area contributed by atoms with E-state index in [1.807, 2.05) is 0 Å². The minimum absolute atomic E-state index is 0.200. The maximum atomic E-state index is 13.9. The van der Waals surface area contributed by atoms with Gasteiger partial charge in [0.05, 0.1) is 11.3 Å². The van der Waals surface area contributed by atoms with Gasteiger partial charge in [-0.3, -0.25) is 9.59 Å². The average Bonchev–Trinajstić information content (AvgIpc) is 2.87. The Bertz CT molecular complexity index is 542. The first-order chi connectivity index (χ1) is 9.34. The summed E-state index contributed by atoms with van der Waals surface area (Å²) in [6, 6.07) is 6.19. The normalized spacial score (nSPS) is 19.1. The number of aliphatic carboxylic acids is 1. The second-order valence-electron chi connectivity index (χ2n) is 5.68. The highest BCUT2D eigenvalue weighted by molar-refractivity contribution is 5.88. The van der Waals surface area contributed by atoms with Crippen LogP contribution in [0, 0.1) is 11.7 Å². The first-order valence-electron chi connectivity index (χ1n) is 6.61.